The van der Waals surface area contributed by atoms with Crippen molar-refractivity contribution in [3.8, 4) is 5.75 Å². The summed E-state index contributed by atoms with van der Waals surface area (Å²) in [5, 5.41) is 10.1. The van der Waals surface area contributed by atoms with Gasteiger partial charge in [0.25, 0.3) is 0 Å². The van der Waals surface area contributed by atoms with Crippen molar-refractivity contribution >= 4 is 59.3 Å². The van der Waals surface area contributed by atoms with Gasteiger partial charge >= 0.3 is 0 Å². The van der Waals surface area contributed by atoms with Gasteiger partial charge in [-0.05, 0) is 61.5 Å². The van der Waals surface area contributed by atoms with E-state index in [4.69, 9.17) is 42.8 Å². The van der Waals surface area contributed by atoms with Crippen LogP contribution >= 0.6 is 24.4 Å². The van der Waals surface area contributed by atoms with E-state index in [9.17, 15) is 0 Å². The van der Waals surface area contributed by atoms with E-state index in [1.807, 2.05) is 48.5 Å². The zero-order chi connectivity index (χ0) is 20.2. The third kappa shape index (κ3) is 9.06. The quantitative estimate of drug-likeness (QED) is 0.272. The highest BCUT2D eigenvalue weighted by Crippen LogP contribution is 2.17. The average molecular weight is 412 g/mol. The van der Waals surface area contributed by atoms with Crippen molar-refractivity contribution < 1.29 is 4.74 Å². The Hall–Kier alpha value is -2.32. The molecule has 28 heavy (non-hydrogen) atoms. The first-order valence-electron chi connectivity index (χ1n) is 9.22. The van der Waals surface area contributed by atoms with Gasteiger partial charge in [-0.1, -0.05) is 36.5 Å². The SMILES string of the molecule is [B]c1ccc(NC(=S)NCCCCCCOc2cccc(NC(N)=S)c2)cc1. The summed E-state index contributed by atoms with van der Waals surface area (Å²) in [5.74, 6) is 0.807. The lowest BCUT2D eigenvalue weighted by molar-refractivity contribution is 0.305. The fraction of sp³-hybridized carbons (Fsp3) is 0.300. The van der Waals surface area contributed by atoms with Crippen LogP contribution in [0.4, 0.5) is 11.4 Å². The van der Waals surface area contributed by atoms with Gasteiger partial charge in [0.05, 0.1) is 6.61 Å². The first kappa shape index (κ1) is 22.0. The van der Waals surface area contributed by atoms with Gasteiger partial charge in [-0.2, -0.15) is 0 Å². The highest BCUT2D eigenvalue weighted by Gasteiger charge is 1.99. The zero-order valence-corrected chi connectivity index (χ0v) is 17.4. The van der Waals surface area contributed by atoms with Gasteiger partial charge in [-0.25, -0.2) is 0 Å². The molecule has 0 spiro atoms. The van der Waals surface area contributed by atoms with E-state index in [1.54, 1.807) is 0 Å². The molecule has 0 fully saturated rings. The van der Waals surface area contributed by atoms with Crippen molar-refractivity contribution in [3.05, 3.63) is 48.5 Å². The fourth-order valence-corrected chi connectivity index (χ4v) is 2.86. The molecule has 0 aliphatic carbocycles. The lowest BCUT2D eigenvalue weighted by Gasteiger charge is -2.11. The maximum absolute atomic E-state index is 5.77. The van der Waals surface area contributed by atoms with Gasteiger partial charge in [-0.3, -0.25) is 0 Å². The minimum absolute atomic E-state index is 0.244. The number of hydrogen-bond acceptors (Lipinski definition) is 3. The maximum atomic E-state index is 5.77. The molecule has 0 bridgehead atoms. The van der Waals surface area contributed by atoms with Crippen molar-refractivity contribution in [1.29, 1.82) is 0 Å². The first-order chi connectivity index (χ1) is 13.5. The Bertz CT molecular complexity index is 771. The van der Waals surface area contributed by atoms with E-state index in [0.29, 0.717) is 11.7 Å². The smallest absolute Gasteiger partial charge is 0.170 e. The molecule has 0 atom stereocenters. The van der Waals surface area contributed by atoms with Gasteiger partial charge in [0.1, 0.15) is 13.6 Å². The third-order valence-corrected chi connectivity index (χ3v) is 4.24. The van der Waals surface area contributed by atoms with Crippen LogP contribution in [0.15, 0.2) is 48.5 Å². The van der Waals surface area contributed by atoms with Crippen molar-refractivity contribution in [2.24, 2.45) is 5.73 Å². The lowest BCUT2D eigenvalue weighted by Crippen LogP contribution is -2.29. The molecule has 0 aliphatic heterocycles. The van der Waals surface area contributed by atoms with Crippen LogP contribution in [-0.2, 0) is 0 Å². The summed E-state index contributed by atoms with van der Waals surface area (Å²) in [5.41, 5.74) is 7.97. The molecule has 5 nitrogen and oxygen atoms in total. The number of thiocarbonyl (C=S) groups is 2. The Morgan fingerprint density at radius 3 is 2.43 bits per heavy atom. The Morgan fingerprint density at radius 2 is 1.68 bits per heavy atom. The van der Waals surface area contributed by atoms with Crippen molar-refractivity contribution in [3.63, 3.8) is 0 Å². The standard InChI is InChI=1S/C20H25BN4OS2/c21-15-8-10-16(11-9-15)25-20(28)23-12-3-1-2-4-13-26-18-7-5-6-17(14-18)24-19(22)27/h5-11,14H,1-4,12-13H2,(H3,22,24,27)(H2,23,25,28). The van der Waals surface area contributed by atoms with Crippen molar-refractivity contribution in [2.45, 2.75) is 25.7 Å². The van der Waals surface area contributed by atoms with E-state index < -0.39 is 0 Å². The molecule has 0 saturated heterocycles. The third-order valence-electron chi connectivity index (χ3n) is 3.90. The number of ether oxygens (including phenoxy) is 1. The van der Waals surface area contributed by atoms with Gasteiger partial charge in [-0.15, -0.1) is 0 Å². The minimum Gasteiger partial charge on any atom is -0.494 e. The first-order valence-corrected chi connectivity index (χ1v) is 10.0. The van der Waals surface area contributed by atoms with Crippen LogP contribution < -0.4 is 31.9 Å². The van der Waals surface area contributed by atoms with Gasteiger partial charge in [0.15, 0.2) is 10.2 Å². The second-order valence-electron chi connectivity index (χ2n) is 6.28. The normalized spacial score (nSPS) is 10.1. The number of anilines is 2. The molecule has 0 heterocycles. The summed E-state index contributed by atoms with van der Waals surface area (Å²) in [6, 6.07) is 15.1. The van der Waals surface area contributed by atoms with Gasteiger partial charge in [0.2, 0.25) is 0 Å². The number of benzene rings is 2. The second-order valence-corrected chi connectivity index (χ2v) is 7.13. The van der Waals surface area contributed by atoms with E-state index in [1.165, 1.54) is 0 Å². The molecule has 0 aliphatic rings. The topological polar surface area (TPSA) is 71.3 Å². The molecule has 0 saturated carbocycles. The molecule has 146 valence electrons. The van der Waals surface area contributed by atoms with E-state index in [0.717, 1.165) is 54.8 Å². The molecule has 5 N–H and O–H groups in total. The Balaban J connectivity index is 1.51. The van der Waals surface area contributed by atoms with Crippen LogP contribution in [0.5, 0.6) is 5.75 Å². The van der Waals surface area contributed by atoms with Crippen LogP contribution in [0.25, 0.3) is 0 Å². The zero-order valence-electron chi connectivity index (χ0n) is 15.7. The molecule has 2 rings (SSSR count). The molecule has 0 amide bonds. The summed E-state index contributed by atoms with van der Waals surface area (Å²) in [6.07, 6.45) is 4.27. The number of nitrogens with one attached hydrogen (secondary N) is 3. The molecule has 2 aromatic carbocycles. The number of rotatable bonds is 10. The number of nitrogens with two attached hydrogens (primary N) is 1. The Labute approximate surface area is 178 Å². The molecule has 0 aromatic heterocycles. The molecule has 0 unspecified atom stereocenters. The summed E-state index contributed by atoms with van der Waals surface area (Å²) < 4.78 is 5.77. The Morgan fingerprint density at radius 1 is 0.929 bits per heavy atom. The van der Waals surface area contributed by atoms with Crippen LogP contribution in [0.3, 0.4) is 0 Å². The van der Waals surface area contributed by atoms with Crippen LogP contribution in [0.2, 0.25) is 0 Å². The largest absolute Gasteiger partial charge is 0.494 e. The van der Waals surface area contributed by atoms with Crippen LogP contribution in [-0.4, -0.2) is 31.2 Å². The summed E-state index contributed by atoms with van der Waals surface area (Å²) in [4.78, 5) is 0. The fourth-order valence-electron chi connectivity index (χ4n) is 2.52. The highest BCUT2D eigenvalue weighted by atomic mass is 32.1. The molecule has 2 aromatic rings. The molecule has 8 heteroatoms. The highest BCUT2D eigenvalue weighted by molar-refractivity contribution is 7.80. The monoisotopic (exact) mass is 412 g/mol. The lowest BCUT2D eigenvalue weighted by atomic mass is 9.96. The number of unbranched alkanes of at least 4 members (excludes halogenated alkanes) is 3. The predicted molar refractivity (Wildman–Crippen MR) is 127 cm³/mol. The minimum atomic E-state index is 0.244. The summed E-state index contributed by atoms with van der Waals surface area (Å²) >= 11 is 10.1. The van der Waals surface area contributed by atoms with Gasteiger partial charge < -0.3 is 26.4 Å². The van der Waals surface area contributed by atoms with E-state index in [2.05, 4.69) is 16.0 Å². The average Bonchev–Trinajstić information content (AvgIpc) is 2.65. The maximum Gasteiger partial charge on any atom is 0.170 e. The molecular formula is C20H25BN4OS2. The Kier molecular flexibility index (Phi) is 9.58. The predicted octanol–water partition coefficient (Wildman–Crippen LogP) is 3.06. The van der Waals surface area contributed by atoms with E-state index >= 15 is 0 Å². The molecular weight excluding hydrogens is 387 g/mol. The summed E-state index contributed by atoms with van der Waals surface area (Å²) in [7, 11) is 5.67. The van der Waals surface area contributed by atoms with Crippen LogP contribution in [0.1, 0.15) is 25.7 Å². The van der Waals surface area contributed by atoms with Crippen LogP contribution in [0, 0.1) is 0 Å². The number of hydrogen-bond donors (Lipinski definition) is 4. The molecule has 2 radical (unpaired) electrons. The second kappa shape index (κ2) is 12.2. The van der Waals surface area contributed by atoms with E-state index in [-0.39, 0.29) is 5.11 Å². The van der Waals surface area contributed by atoms with Crippen molar-refractivity contribution in [1.82, 2.24) is 5.32 Å². The van der Waals surface area contributed by atoms with Crippen molar-refractivity contribution in [2.75, 3.05) is 23.8 Å². The summed E-state index contributed by atoms with van der Waals surface area (Å²) in [6.45, 7) is 1.52. The van der Waals surface area contributed by atoms with Gasteiger partial charge in [0, 0.05) is 24.0 Å².